The molecule has 2 N–H and O–H groups in total. The monoisotopic (exact) mass is 159 g/mol. The van der Waals surface area contributed by atoms with Crippen molar-refractivity contribution in [1.29, 1.82) is 0 Å². The molecule has 3 nitrogen and oxygen atoms in total. The molecule has 1 aliphatic rings. The van der Waals surface area contributed by atoms with Crippen LogP contribution in [0.1, 0.15) is 12.8 Å². The Labute approximate surface area is 67.9 Å². The van der Waals surface area contributed by atoms with Crippen molar-refractivity contribution in [3.63, 3.8) is 0 Å². The summed E-state index contributed by atoms with van der Waals surface area (Å²) in [6, 6.07) is 0. The van der Waals surface area contributed by atoms with Gasteiger partial charge in [0.2, 0.25) is 0 Å². The third kappa shape index (κ3) is 2.15. The molecule has 1 unspecified atom stereocenters. The summed E-state index contributed by atoms with van der Waals surface area (Å²) in [4.78, 5) is 0. The van der Waals surface area contributed by atoms with Crippen molar-refractivity contribution < 1.29 is 9.47 Å². The van der Waals surface area contributed by atoms with E-state index in [1.165, 1.54) is 0 Å². The summed E-state index contributed by atoms with van der Waals surface area (Å²) in [5.74, 6) is 0. The quantitative estimate of drug-likeness (QED) is 0.645. The standard InChI is InChI=1S/C8H17NO2/c1-10-4-2-8(6-9)3-5-11-7-8/h2-7,9H2,1H3. The summed E-state index contributed by atoms with van der Waals surface area (Å²) in [6.45, 7) is 3.19. The zero-order valence-corrected chi connectivity index (χ0v) is 7.14. The second-order valence-electron chi connectivity index (χ2n) is 3.25. The van der Waals surface area contributed by atoms with E-state index in [0.29, 0.717) is 0 Å². The molecule has 0 aromatic heterocycles. The SMILES string of the molecule is COCCC1(CN)CCOC1. The van der Waals surface area contributed by atoms with Gasteiger partial charge >= 0.3 is 0 Å². The Morgan fingerprint density at radius 1 is 1.64 bits per heavy atom. The minimum absolute atomic E-state index is 0.218. The molecule has 1 atom stereocenters. The number of hydrogen-bond donors (Lipinski definition) is 1. The first-order valence-corrected chi connectivity index (χ1v) is 4.10. The van der Waals surface area contributed by atoms with Crippen LogP contribution >= 0.6 is 0 Å². The molecule has 0 bridgehead atoms. The highest BCUT2D eigenvalue weighted by Gasteiger charge is 2.32. The number of ether oxygens (including phenoxy) is 2. The van der Waals surface area contributed by atoms with Crippen molar-refractivity contribution in [3.8, 4) is 0 Å². The third-order valence-corrected chi connectivity index (χ3v) is 2.45. The lowest BCUT2D eigenvalue weighted by Crippen LogP contribution is -2.32. The molecular formula is C8H17NO2. The van der Waals surface area contributed by atoms with E-state index in [4.69, 9.17) is 15.2 Å². The van der Waals surface area contributed by atoms with Gasteiger partial charge in [0.05, 0.1) is 6.61 Å². The van der Waals surface area contributed by atoms with Crippen molar-refractivity contribution in [2.75, 3.05) is 33.5 Å². The van der Waals surface area contributed by atoms with E-state index < -0.39 is 0 Å². The molecule has 11 heavy (non-hydrogen) atoms. The molecule has 1 saturated heterocycles. The molecule has 3 heteroatoms. The normalized spacial score (nSPS) is 31.1. The highest BCUT2D eigenvalue weighted by molar-refractivity contribution is 4.83. The first-order valence-electron chi connectivity index (χ1n) is 4.10. The fourth-order valence-electron chi connectivity index (χ4n) is 1.43. The van der Waals surface area contributed by atoms with Crippen LogP contribution in [0.4, 0.5) is 0 Å². The molecule has 0 radical (unpaired) electrons. The van der Waals surface area contributed by atoms with Crippen LogP contribution in [0.25, 0.3) is 0 Å². The van der Waals surface area contributed by atoms with Gasteiger partial charge in [-0.25, -0.2) is 0 Å². The molecule has 1 heterocycles. The van der Waals surface area contributed by atoms with E-state index in [-0.39, 0.29) is 5.41 Å². The summed E-state index contributed by atoms with van der Waals surface area (Å²) in [5.41, 5.74) is 5.89. The van der Waals surface area contributed by atoms with Gasteiger partial charge < -0.3 is 15.2 Å². The average Bonchev–Trinajstić information content (AvgIpc) is 2.50. The maximum atomic E-state index is 5.67. The van der Waals surface area contributed by atoms with Crippen LogP contribution in [0.5, 0.6) is 0 Å². The molecule has 0 amide bonds. The number of hydrogen-bond acceptors (Lipinski definition) is 3. The summed E-state index contributed by atoms with van der Waals surface area (Å²) in [6.07, 6.45) is 2.12. The lowest BCUT2D eigenvalue weighted by Gasteiger charge is -2.24. The van der Waals surface area contributed by atoms with Gasteiger partial charge in [0.15, 0.2) is 0 Å². The zero-order valence-electron chi connectivity index (χ0n) is 7.14. The van der Waals surface area contributed by atoms with E-state index in [9.17, 15) is 0 Å². The van der Waals surface area contributed by atoms with Crippen molar-refractivity contribution in [3.05, 3.63) is 0 Å². The number of methoxy groups -OCH3 is 1. The Bertz CT molecular complexity index is 111. The molecule has 1 fully saturated rings. The van der Waals surface area contributed by atoms with E-state index in [1.807, 2.05) is 0 Å². The van der Waals surface area contributed by atoms with Gasteiger partial charge in [-0.1, -0.05) is 0 Å². The molecule has 0 saturated carbocycles. The smallest absolute Gasteiger partial charge is 0.0536 e. The van der Waals surface area contributed by atoms with Crippen LogP contribution in [0.3, 0.4) is 0 Å². The lowest BCUT2D eigenvalue weighted by molar-refractivity contribution is 0.112. The lowest BCUT2D eigenvalue weighted by atomic mass is 9.84. The van der Waals surface area contributed by atoms with Crippen molar-refractivity contribution >= 4 is 0 Å². The van der Waals surface area contributed by atoms with Gasteiger partial charge in [-0.2, -0.15) is 0 Å². The Morgan fingerprint density at radius 2 is 2.45 bits per heavy atom. The first kappa shape index (κ1) is 8.97. The van der Waals surface area contributed by atoms with E-state index >= 15 is 0 Å². The van der Waals surface area contributed by atoms with Gasteiger partial charge in [0, 0.05) is 32.3 Å². The van der Waals surface area contributed by atoms with Gasteiger partial charge in [0.25, 0.3) is 0 Å². The highest BCUT2D eigenvalue weighted by atomic mass is 16.5. The van der Waals surface area contributed by atoms with Crippen molar-refractivity contribution in [2.24, 2.45) is 11.1 Å². The average molecular weight is 159 g/mol. The van der Waals surface area contributed by atoms with Gasteiger partial charge in [-0.05, 0) is 12.8 Å². The number of rotatable bonds is 4. The number of nitrogens with two attached hydrogens (primary N) is 1. The fraction of sp³-hybridized carbons (Fsp3) is 1.00. The Kier molecular flexibility index (Phi) is 3.30. The van der Waals surface area contributed by atoms with Gasteiger partial charge in [-0.15, -0.1) is 0 Å². The van der Waals surface area contributed by atoms with Crippen LogP contribution < -0.4 is 5.73 Å². The second-order valence-corrected chi connectivity index (χ2v) is 3.25. The van der Waals surface area contributed by atoms with Crippen LogP contribution in [0, 0.1) is 5.41 Å². The molecular weight excluding hydrogens is 142 g/mol. The van der Waals surface area contributed by atoms with Gasteiger partial charge in [-0.3, -0.25) is 0 Å². The molecule has 0 aromatic rings. The maximum Gasteiger partial charge on any atom is 0.0536 e. The molecule has 0 aromatic carbocycles. The Balaban J connectivity index is 2.33. The largest absolute Gasteiger partial charge is 0.385 e. The van der Waals surface area contributed by atoms with E-state index in [1.54, 1.807) is 7.11 Å². The van der Waals surface area contributed by atoms with Crippen LogP contribution in [-0.4, -0.2) is 33.5 Å². The Morgan fingerprint density at radius 3 is 2.91 bits per heavy atom. The first-order chi connectivity index (χ1) is 5.33. The predicted octanol–water partition coefficient (Wildman–Crippen LogP) is 0.388. The summed E-state index contributed by atoms with van der Waals surface area (Å²) >= 11 is 0. The summed E-state index contributed by atoms with van der Waals surface area (Å²) in [7, 11) is 1.72. The Hall–Kier alpha value is -0.120. The van der Waals surface area contributed by atoms with E-state index in [0.717, 1.165) is 39.2 Å². The fourth-order valence-corrected chi connectivity index (χ4v) is 1.43. The van der Waals surface area contributed by atoms with Crippen LogP contribution in [0.2, 0.25) is 0 Å². The minimum atomic E-state index is 0.218. The van der Waals surface area contributed by atoms with Crippen molar-refractivity contribution in [1.82, 2.24) is 0 Å². The zero-order chi connectivity index (χ0) is 8.16. The van der Waals surface area contributed by atoms with Gasteiger partial charge in [0.1, 0.15) is 0 Å². The topological polar surface area (TPSA) is 44.5 Å². The predicted molar refractivity (Wildman–Crippen MR) is 43.4 cm³/mol. The molecule has 1 aliphatic heterocycles. The summed E-state index contributed by atoms with van der Waals surface area (Å²) in [5, 5.41) is 0. The van der Waals surface area contributed by atoms with Crippen LogP contribution in [-0.2, 0) is 9.47 Å². The molecule has 1 rings (SSSR count). The second kappa shape index (κ2) is 4.04. The van der Waals surface area contributed by atoms with Crippen LogP contribution in [0.15, 0.2) is 0 Å². The van der Waals surface area contributed by atoms with E-state index in [2.05, 4.69) is 0 Å². The summed E-state index contributed by atoms with van der Waals surface area (Å²) < 4.78 is 10.3. The minimum Gasteiger partial charge on any atom is -0.385 e. The third-order valence-electron chi connectivity index (χ3n) is 2.45. The molecule has 0 aliphatic carbocycles. The molecule has 0 spiro atoms. The molecule has 66 valence electrons. The van der Waals surface area contributed by atoms with Crippen molar-refractivity contribution in [2.45, 2.75) is 12.8 Å². The maximum absolute atomic E-state index is 5.67. The highest BCUT2D eigenvalue weighted by Crippen LogP contribution is 2.30.